The van der Waals surface area contributed by atoms with Crippen LogP contribution in [-0.2, 0) is 0 Å². The Kier molecular flexibility index (Phi) is 3.16. The molecule has 2 nitrogen and oxygen atoms in total. The number of rotatable bonds is 4. The van der Waals surface area contributed by atoms with Gasteiger partial charge in [0.15, 0.2) is 0 Å². The van der Waals surface area contributed by atoms with Gasteiger partial charge in [-0.25, -0.2) is 0 Å². The van der Waals surface area contributed by atoms with Gasteiger partial charge in [0, 0.05) is 19.2 Å². The van der Waals surface area contributed by atoms with Crippen LogP contribution in [0.1, 0.15) is 25.7 Å². The molecule has 0 heterocycles. The van der Waals surface area contributed by atoms with E-state index in [1.54, 1.807) is 0 Å². The lowest BCUT2D eigenvalue weighted by Gasteiger charge is -2.34. The van der Waals surface area contributed by atoms with Gasteiger partial charge in [0.25, 0.3) is 0 Å². The molecule has 1 aliphatic rings. The van der Waals surface area contributed by atoms with Crippen LogP contribution in [0.25, 0.3) is 0 Å². The van der Waals surface area contributed by atoms with E-state index < -0.39 is 0 Å². The van der Waals surface area contributed by atoms with E-state index in [-0.39, 0.29) is 0 Å². The monoisotopic (exact) mass is 143 g/mol. The lowest BCUT2D eigenvalue weighted by atomic mass is 9.92. The lowest BCUT2D eigenvalue weighted by Crippen LogP contribution is -2.37. The van der Waals surface area contributed by atoms with Crippen LogP contribution in [-0.4, -0.2) is 36.2 Å². The van der Waals surface area contributed by atoms with E-state index in [2.05, 4.69) is 11.9 Å². The summed E-state index contributed by atoms with van der Waals surface area (Å²) in [6.07, 6.45) is 5.05. The van der Waals surface area contributed by atoms with Gasteiger partial charge >= 0.3 is 0 Å². The molecule has 1 N–H and O–H groups in total. The summed E-state index contributed by atoms with van der Waals surface area (Å²) in [6.45, 7) is 1.39. The third-order valence-electron chi connectivity index (χ3n) is 2.37. The van der Waals surface area contributed by atoms with E-state index >= 15 is 0 Å². The van der Waals surface area contributed by atoms with Crippen molar-refractivity contribution in [3.63, 3.8) is 0 Å². The van der Waals surface area contributed by atoms with Gasteiger partial charge in [-0.05, 0) is 26.3 Å². The summed E-state index contributed by atoms with van der Waals surface area (Å²) in [5.74, 6) is 0. The molecule has 0 amide bonds. The van der Waals surface area contributed by atoms with Gasteiger partial charge in [-0.3, -0.25) is 0 Å². The SMILES string of the molecule is CN(CCCO)C1CCC1. The second-order valence-corrected chi connectivity index (χ2v) is 3.14. The summed E-state index contributed by atoms with van der Waals surface area (Å²) in [5.41, 5.74) is 0. The molecule has 0 unspecified atom stereocenters. The highest BCUT2D eigenvalue weighted by Gasteiger charge is 2.20. The molecule has 0 bridgehead atoms. The summed E-state index contributed by atoms with van der Waals surface area (Å²) in [5, 5.41) is 8.56. The number of hydrogen-bond acceptors (Lipinski definition) is 2. The first kappa shape index (κ1) is 8.02. The Balaban J connectivity index is 2.02. The molecule has 2 heteroatoms. The fourth-order valence-electron chi connectivity index (χ4n) is 1.33. The minimum absolute atomic E-state index is 0.330. The van der Waals surface area contributed by atoms with E-state index in [0.29, 0.717) is 6.61 Å². The van der Waals surface area contributed by atoms with Crippen LogP contribution in [0.15, 0.2) is 0 Å². The summed E-state index contributed by atoms with van der Waals surface area (Å²) >= 11 is 0. The van der Waals surface area contributed by atoms with Crippen molar-refractivity contribution < 1.29 is 5.11 Å². The zero-order valence-corrected chi connectivity index (χ0v) is 6.71. The third-order valence-corrected chi connectivity index (χ3v) is 2.37. The molecule has 1 aliphatic carbocycles. The molecule has 0 aromatic heterocycles. The van der Waals surface area contributed by atoms with Crippen molar-refractivity contribution in [1.82, 2.24) is 4.90 Å². The topological polar surface area (TPSA) is 23.5 Å². The zero-order valence-electron chi connectivity index (χ0n) is 6.71. The number of nitrogens with zero attached hydrogens (tertiary/aromatic N) is 1. The van der Waals surface area contributed by atoms with Crippen molar-refractivity contribution >= 4 is 0 Å². The Bertz CT molecular complexity index is 91.3. The van der Waals surface area contributed by atoms with Crippen LogP contribution in [0.2, 0.25) is 0 Å². The van der Waals surface area contributed by atoms with E-state index in [1.807, 2.05) is 0 Å². The predicted molar refractivity (Wildman–Crippen MR) is 42.0 cm³/mol. The molecule has 0 aromatic rings. The maximum Gasteiger partial charge on any atom is 0.0443 e. The maximum atomic E-state index is 8.56. The largest absolute Gasteiger partial charge is 0.396 e. The number of hydrogen-bond donors (Lipinski definition) is 1. The van der Waals surface area contributed by atoms with Crippen molar-refractivity contribution in [2.24, 2.45) is 0 Å². The van der Waals surface area contributed by atoms with Crippen LogP contribution in [0.4, 0.5) is 0 Å². The predicted octanol–water partition coefficient (Wildman–Crippen LogP) is 0.853. The average Bonchev–Trinajstić information content (AvgIpc) is 1.79. The van der Waals surface area contributed by atoms with E-state index in [0.717, 1.165) is 19.0 Å². The molecular weight excluding hydrogens is 126 g/mol. The van der Waals surface area contributed by atoms with Crippen molar-refractivity contribution in [1.29, 1.82) is 0 Å². The standard InChI is InChI=1S/C8H17NO/c1-9(6-3-7-10)8-4-2-5-8/h8,10H,2-7H2,1H3. The summed E-state index contributed by atoms with van der Waals surface area (Å²) in [7, 11) is 2.15. The minimum atomic E-state index is 0.330. The van der Waals surface area contributed by atoms with Gasteiger partial charge < -0.3 is 10.0 Å². The first-order valence-electron chi connectivity index (χ1n) is 4.15. The number of aliphatic hydroxyl groups excluding tert-OH is 1. The molecular formula is C8H17NO. The Morgan fingerprint density at radius 2 is 2.20 bits per heavy atom. The van der Waals surface area contributed by atoms with Crippen molar-refractivity contribution in [3.05, 3.63) is 0 Å². The molecule has 1 rings (SSSR count). The Morgan fingerprint density at radius 1 is 1.50 bits per heavy atom. The smallest absolute Gasteiger partial charge is 0.0443 e. The molecule has 10 heavy (non-hydrogen) atoms. The van der Waals surface area contributed by atoms with E-state index in [1.165, 1.54) is 19.3 Å². The van der Waals surface area contributed by atoms with Crippen LogP contribution < -0.4 is 0 Å². The fourth-order valence-corrected chi connectivity index (χ4v) is 1.33. The quantitative estimate of drug-likeness (QED) is 0.630. The molecule has 0 aromatic carbocycles. The van der Waals surface area contributed by atoms with Gasteiger partial charge in [0.05, 0.1) is 0 Å². The summed E-state index contributed by atoms with van der Waals surface area (Å²) in [4.78, 5) is 2.36. The van der Waals surface area contributed by atoms with Gasteiger partial charge in [-0.2, -0.15) is 0 Å². The highest BCUT2D eigenvalue weighted by molar-refractivity contribution is 4.77. The molecule has 0 aliphatic heterocycles. The Labute approximate surface area is 62.8 Å². The van der Waals surface area contributed by atoms with Crippen LogP contribution in [0, 0.1) is 0 Å². The van der Waals surface area contributed by atoms with Gasteiger partial charge in [-0.1, -0.05) is 6.42 Å². The molecule has 1 saturated carbocycles. The van der Waals surface area contributed by atoms with Crippen molar-refractivity contribution in [2.75, 3.05) is 20.2 Å². The average molecular weight is 143 g/mol. The first-order chi connectivity index (χ1) is 4.84. The molecule has 0 spiro atoms. The highest BCUT2D eigenvalue weighted by atomic mass is 16.3. The van der Waals surface area contributed by atoms with Crippen molar-refractivity contribution in [2.45, 2.75) is 31.7 Å². The van der Waals surface area contributed by atoms with Gasteiger partial charge in [-0.15, -0.1) is 0 Å². The second kappa shape index (κ2) is 3.94. The van der Waals surface area contributed by atoms with Crippen LogP contribution in [0.5, 0.6) is 0 Å². The van der Waals surface area contributed by atoms with Crippen molar-refractivity contribution in [3.8, 4) is 0 Å². The molecule has 0 atom stereocenters. The Morgan fingerprint density at radius 3 is 2.60 bits per heavy atom. The molecule has 0 radical (unpaired) electrons. The maximum absolute atomic E-state index is 8.56. The normalized spacial score (nSPS) is 19.5. The highest BCUT2D eigenvalue weighted by Crippen LogP contribution is 2.23. The lowest BCUT2D eigenvalue weighted by molar-refractivity contribution is 0.146. The second-order valence-electron chi connectivity index (χ2n) is 3.14. The molecule has 60 valence electrons. The van der Waals surface area contributed by atoms with Gasteiger partial charge in [0.1, 0.15) is 0 Å². The Hall–Kier alpha value is -0.0800. The third kappa shape index (κ3) is 1.96. The zero-order chi connectivity index (χ0) is 7.40. The van der Waals surface area contributed by atoms with Gasteiger partial charge in [0.2, 0.25) is 0 Å². The summed E-state index contributed by atoms with van der Waals surface area (Å²) in [6, 6.07) is 0.826. The van der Waals surface area contributed by atoms with E-state index in [4.69, 9.17) is 5.11 Å². The molecule has 0 saturated heterocycles. The minimum Gasteiger partial charge on any atom is -0.396 e. The van der Waals surface area contributed by atoms with E-state index in [9.17, 15) is 0 Å². The van der Waals surface area contributed by atoms with Crippen LogP contribution in [0.3, 0.4) is 0 Å². The first-order valence-corrected chi connectivity index (χ1v) is 4.15. The molecule has 1 fully saturated rings. The summed E-state index contributed by atoms with van der Waals surface area (Å²) < 4.78 is 0. The van der Waals surface area contributed by atoms with Crippen LogP contribution >= 0.6 is 0 Å². The fraction of sp³-hybridized carbons (Fsp3) is 1.00. The number of aliphatic hydroxyl groups is 1.